The average Bonchev–Trinajstić information content (AvgIpc) is 2.63. The number of carbonyl (C=O) groups excluding carboxylic acids is 1. The smallest absolute Gasteiger partial charge is 0.303 e. The first kappa shape index (κ1) is 18.4. The van der Waals surface area contributed by atoms with Crippen LogP contribution in [0, 0.1) is 5.92 Å². The fourth-order valence-corrected chi connectivity index (χ4v) is 4.71. The van der Waals surface area contributed by atoms with Crippen LogP contribution in [0.3, 0.4) is 0 Å². The molecular weight excluding hydrogens is 314 g/mol. The Bertz CT molecular complexity index is 556. The molecule has 1 aromatic rings. The molecule has 3 rings (SSSR count). The lowest BCUT2D eigenvalue weighted by Gasteiger charge is -2.48. The summed E-state index contributed by atoms with van der Waals surface area (Å²) in [7, 11) is 0. The first-order valence-corrected chi connectivity index (χ1v) is 9.66. The molecule has 2 aliphatic rings. The lowest BCUT2D eigenvalue weighted by Crippen LogP contribution is -2.53. The van der Waals surface area contributed by atoms with Gasteiger partial charge in [-0.1, -0.05) is 43.7 Å². The largest absolute Gasteiger partial charge is 0.458 e. The normalized spacial score (nSPS) is 29.1. The maximum absolute atomic E-state index is 12.0. The van der Waals surface area contributed by atoms with Crippen molar-refractivity contribution in [1.29, 1.82) is 0 Å². The minimum absolute atomic E-state index is 0.156. The van der Waals surface area contributed by atoms with Crippen molar-refractivity contribution in [3.8, 4) is 0 Å². The lowest BCUT2D eigenvalue weighted by atomic mass is 9.66. The van der Waals surface area contributed by atoms with Crippen LogP contribution in [0.25, 0.3) is 0 Å². The van der Waals surface area contributed by atoms with E-state index in [0.717, 1.165) is 52.1 Å². The maximum Gasteiger partial charge on any atom is 0.303 e. The molecule has 0 spiro atoms. The van der Waals surface area contributed by atoms with Gasteiger partial charge >= 0.3 is 5.97 Å². The number of ether oxygens (including phenoxy) is 2. The van der Waals surface area contributed by atoms with Crippen LogP contribution >= 0.6 is 0 Å². The standard InChI is InChI=1S/C21H31NO3/c1-17(16-22-12-14-24-15-13-22)21(25-18(2)23)11-7-6-10-20(21)19-8-4-3-5-9-19/h3-5,8-9,17,20H,6-7,10-16H2,1-2H3. The molecular formula is C21H31NO3. The Morgan fingerprint density at radius 3 is 2.68 bits per heavy atom. The summed E-state index contributed by atoms with van der Waals surface area (Å²) in [5, 5.41) is 0. The minimum Gasteiger partial charge on any atom is -0.458 e. The first-order valence-electron chi connectivity index (χ1n) is 9.66. The predicted molar refractivity (Wildman–Crippen MR) is 98.6 cm³/mol. The number of carbonyl (C=O) groups is 1. The second-order valence-corrected chi connectivity index (χ2v) is 7.57. The Morgan fingerprint density at radius 2 is 2.00 bits per heavy atom. The molecule has 1 aromatic carbocycles. The van der Waals surface area contributed by atoms with E-state index in [1.807, 2.05) is 0 Å². The zero-order chi connectivity index (χ0) is 17.7. The summed E-state index contributed by atoms with van der Waals surface area (Å²) >= 11 is 0. The van der Waals surface area contributed by atoms with Crippen molar-refractivity contribution in [3.63, 3.8) is 0 Å². The summed E-state index contributed by atoms with van der Waals surface area (Å²) in [6.07, 6.45) is 4.37. The second kappa shape index (κ2) is 8.33. The number of hydrogen-bond acceptors (Lipinski definition) is 4. The Hall–Kier alpha value is -1.39. The van der Waals surface area contributed by atoms with Crippen molar-refractivity contribution >= 4 is 5.97 Å². The van der Waals surface area contributed by atoms with Crippen LogP contribution in [0.1, 0.15) is 51.0 Å². The molecule has 4 nitrogen and oxygen atoms in total. The van der Waals surface area contributed by atoms with Crippen LogP contribution in [0.4, 0.5) is 0 Å². The van der Waals surface area contributed by atoms with E-state index in [9.17, 15) is 4.79 Å². The summed E-state index contributed by atoms with van der Waals surface area (Å²) in [6, 6.07) is 10.6. The van der Waals surface area contributed by atoms with Crippen LogP contribution in [0.15, 0.2) is 30.3 Å². The van der Waals surface area contributed by atoms with Gasteiger partial charge < -0.3 is 9.47 Å². The highest BCUT2D eigenvalue weighted by atomic mass is 16.6. The molecule has 1 saturated carbocycles. The number of hydrogen-bond donors (Lipinski definition) is 0. The van der Waals surface area contributed by atoms with E-state index < -0.39 is 5.60 Å². The average molecular weight is 345 g/mol. The van der Waals surface area contributed by atoms with Gasteiger partial charge in [-0.3, -0.25) is 9.69 Å². The Morgan fingerprint density at radius 1 is 1.28 bits per heavy atom. The third kappa shape index (κ3) is 4.24. The summed E-state index contributed by atoms with van der Waals surface area (Å²) in [5.74, 6) is 0.416. The quantitative estimate of drug-likeness (QED) is 0.764. The molecule has 1 aliphatic heterocycles. The van der Waals surface area contributed by atoms with Crippen LogP contribution in [-0.4, -0.2) is 49.3 Å². The maximum atomic E-state index is 12.0. The summed E-state index contributed by atoms with van der Waals surface area (Å²) in [4.78, 5) is 14.5. The second-order valence-electron chi connectivity index (χ2n) is 7.57. The third-order valence-electron chi connectivity index (χ3n) is 5.91. The Labute approximate surface area is 151 Å². The van der Waals surface area contributed by atoms with Gasteiger partial charge in [0.25, 0.3) is 0 Å². The van der Waals surface area contributed by atoms with Gasteiger partial charge in [0.1, 0.15) is 5.60 Å². The molecule has 2 fully saturated rings. The molecule has 0 aromatic heterocycles. The van der Waals surface area contributed by atoms with Crippen LogP contribution in [0.5, 0.6) is 0 Å². The van der Waals surface area contributed by atoms with Gasteiger partial charge in [-0.15, -0.1) is 0 Å². The fraction of sp³-hybridized carbons (Fsp3) is 0.667. The molecule has 0 bridgehead atoms. The topological polar surface area (TPSA) is 38.8 Å². The van der Waals surface area contributed by atoms with Crippen LogP contribution in [-0.2, 0) is 14.3 Å². The van der Waals surface area contributed by atoms with Gasteiger partial charge in [-0.25, -0.2) is 0 Å². The highest BCUT2D eigenvalue weighted by molar-refractivity contribution is 5.67. The van der Waals surface area contributed by atoms with Gasteiger partial charge in [0, 0.05) is 38.4 Å². The van der Waals surface area contributed by atoms with Crippen LogP contribution in [0.2, 0.25) is 0 Å². The molecule has 138 valence electrons. The summed E-state index contributed by atoms with van der Waals surface area (Å²) < 4.78 is 11.6. The highest BCUT2D eigenvalue weighted by Gasteiger charge is 2.48. The molecule has 1 aliphatic carbocycles. The SMILES string of the molecule is CC(=O)OC1(C(C)CN2CCOCC2)CCCCC1c1ccccc1. The number of benzene rings is 1. The molecule has 1 saturated heterocycles. The zero-order valence-corrected chi connectivity index (χ0v) is 15.6. The molecule has 25 heavy (non-hydrogen) atoms. The molecule has 1 heterocycles. The monoisotopic (exact) mass is 345 g/mol. The lowest BCUT2D eigenvalue weighted by molar-refractivity contribution is -0.173. The van der Waals surface area contributed by atoms with Crippen molar-refractivity contribution in [2.75, 3.05) is 32.8 Å². The van der Waals surface area contributed by atoms with Crippen molar-refractivity contribution in [2.24, 2.45) is 5.92 Å². The van der Waals surface area contributed by atoms with E-state index in [4.69, 9.17) is 9.47 Å². The van der Waals surface area contributed by atoms with E-state index in [-0.39, 0.29) is 11.9 Å². The Kier molecular flexibility index (Phi) is 6.13. The highest BCUT2D eigenvalue weighted by Crippen LogP contribution is 2.48. The van der Waals surface area contributed by atoms with Crippen molar-refractivity contribution < 1.29 is 14.3 Å². The van der Waals surface area contributed by atoms with Gasteiger partial charge in [0.2, 0.25) is 0 Å². The van der Waals surface area contributed by atoms with E-state index in [1.54, 1.807) is 6.92 Å². The first-order chi connectivity index (χ1) is 12.1. The van der Waals surface area contributed by atoms with E-state index in [2.05, 4.69) is 42.2 Å². The van der Waals surface area contributed by atoms with Gasteiger partial charge in [0.15, 0.2) is 0 Å². The summed E-state index contributed by atoms with van der Waals surface area (Å²) in [5.41, 5.74) is 0.904. The van der Waals surface area contributed by atoms with Crippen molar-refractivity contribution in [1.82, 2.24) is 4.90 Å². The number of morpholine rings is 1. The van der Waals surface area contributed by atoms with Gasteiger partial charge in [0.05, 0.1) is 13.2 Å². The molecule has 0 radical (unpaired) electrons. The number of esters is 1. The van der Waals surface area contributed by atoms with Crippen LogP contribution < -0.4 is 0 Å². The fourth-order valence-electron chi connectivity index (χ4n) is 4.71. The minimum atomic E-state index is -0.399. The van der Waals surface area contributed by atoms with Crippen molar-refractivity contribution in [2.45, 2.75) is 51.0 Å². The van der Waals surface area contributed by atoms with E-state index in [0.29, 0.717) is 5.92 Å². The van der Waals surface area contributed by atoms with Gasteiger partial charge in [-0.05, 0) is 24.8 Å². The summed E-state index contributed by atoms with van der Waals surface area (Å²) in [6.45, 7) is 8.32. The van der Waals surface area contributed by atoms with E-state index >= 15 is 0 Å². The number of rotatable bonds is 5. The molecule has 0 N–H and O–H groups in total. The number of nitrogens with zero attached hydrogens (tertiary/aromatic N) is 1. The molecule has 0 amide bonds. The zero-order valence-electron chi connectivity index (χ0n) is 15.6. The molecule has 3 atom stereocenters. The third-order valence-corrected chi connectivity index (χ3v) is 5.91. The molecule has 4 heteroatoms. The van der Waals surface area contributed by atoms with E-state index in [1.165, 1.54) is 12.0 Å². The molecule has 3 unspecified atom stereocenters. The van der Waals surface area contributed by atoms with Gasteiger partial charge in [-0.2, -0.15) is 0 Å². The Balaban J connectivity index is 1.87. The predicted octanol–water partition coefficient (Wildman–Crippen LogP) is 3.61. The van der Waals surface area contributed by atoms with Crippen molar-refractivity contribution in [3.05, 3.63) is 35.9 Å².